The molecule has 3 aliphatic rings. The fraction of sp³-hybridized carbons (Fsp3) is 0.611. The second-order valence-electron chi connectivity index (χ2n) is 7.22. The van der Waals surface area contributed by atoms with Gasteiger partial charge in [0.15, 0.2) is 0 Å². The molecule has 5 heteroatoms. The van der Waals surface area contributed by atoms with Crippen molar-refractivity contribution in [2.75, 3.05) is 6.61 Å². The SMILES string of the molecule is CC1(C2CC(OC(N)=O)CCC23CO3)OC1Cc1ccccc1. The van der Waals surface area contributed by atoms with Gasteiger partial charge in [-0.3, -0.25) is 0 Å². The van der Waals surface area contributed by atoms with Crippen molar-refractivity contribution in [2.24, 2.45) is 11.7 Å². The number of benzene rings is 1. The minimum atomic E-state index is -0.691. The molecule has 23 heavy (non-hydrogen) atoms. The summed E-state index contributed by atoms with van der Waals surface area (Å²) >= 11 is 0. The molecule has 5 unspecified atom stereocenters. The van der Waals surface area contributed by atoms with E-state index in [1.165, 1.54) is 5.56 Å². The Morgan fingerprint density at radius 1 is 1.39 bits per heavy atom. The number of rotatable bonds is 4. The van der Waals surface area contributed by atoms with Crippen LogP contribution in [0.15, 0.2) is 30.3 Å². The standard InChI is InChI=1S/C18H23NO4/c1-17(15(23-17)9-12-5-3-2-4-6-12)14-10-13(22-16(19)20)7-8-18(14)11-21-18/h2-6,13-15H,7-11H2,1H3,(H2,19,20). The van der Waals surface area contributed by atoms with Crippen molar-refractivity contribution in [3.63, 3.8) is 0 Å². The summed E-state index contributed by atoms with van der Waals surface area (Å²) in [6, 6.07) is 10.4. The van der Waals surface area contributed by atoms with Crippen molar-refractivity contribution in [3.05, 3.63) is 35.9 Å². The summed E-state index contributed by atoms with van der Waals surface area (Å²) < 4.78 is 17.2. The largest absolute Gasteiger partial charge is 0.446 e. The van der Waals surface area contributed by atoms with Crippen molar-refractivity contribution in [1.29, 1.82) is 0 Å². The zero-order valence-corrected chi connectivity index (χ0v) is 13.4. The Morgan fingerprint density at radius 2 is 2.13 bits per heavy atom. The van der Waals surface area contributed by atoms with Crippen molar-refractivity contribution < 1.29 is 19.0 Å². The molecule has 5 nitrogen and oxygen atoms in total. The molecular formula is C18H23NO4. The van der Waals surface area contributed by atoms with Gasteiger partial charge in [0.05, 0.1) is 23.9 Å². The maximum Gasteiger partial charge on any atom is 0.404 e. The first-order valence-corrected chi connectivity index (χ1v) is 8.34. The van der Waals surface area contributed by atoms with Crippen LogP contribution in [0.3, 0.4) is 0 Å². The lowest BCUT2D eigenvalue weighted by Gasteiger charge is -2.36. The summed E-state index contributed by atoms with van der Waals surface area (Å²) in [6.07, 6.45) is 2.79. The molecule has 1 aromatic carbocycles. The average Bonchev–Trinajstić information content (AvgIpc) is 3.42. The van der Waals surface area contributed by atoms with Crippen LogP contribution >= 0.6 is 0 Å². The van der Waals surface area contributed by atoms with E-state index >= 15 is 0 Å². The Kier molecular flexibility index (Phi) is 3.39. The molecule has 2 heterocycles. The number of primary amides is 1. The number of amides is 1. The fourth-order valence-electron chi connectivity index (χ4n) is 4.29. The van der Waals surface area contributed by atoms with Gasteiger partial charge in [0.25, 0.3) is 0 Å². The molecule has 4 rings (SSSR count). The van der Waals surface area contributed by atoms with Gasteiger partial charge < -0.3 is 19.9 Å². The third kappa shape index (κ3) is 2.72. The number of carbonyl (C=O) groups is 1. The summed E-state index contributed by atoms with van der Waals surface area (Å²) in [5.74, 6) is 0.252. The molecular weight excluding hydrogens is 294 g/mol. The van der Waals surface area contributed by atoms with Gasteiger partial charge in [0.1, 0.15) is 6.10 Å². The number of ether oxygens (including phenoxy) is 3. The minimum Gasteiger partial charge on any atom is -0.446 e. The maximum atomic E-state index is 11.1. The molecule has 1 saturated carbocycles. The molecule has 1 aromatic rings. The lowest BCUT2D eigenvalue weighted by molar-refractivity contribution is 0.00501. The zero-order chi connectivity index (χ0) is 16.1. The molecule has 1 amide bonds. The van der Waals surface area contributed by atoms with E-state index in [-0.39, 0.29) is 29.3 Å². The zero-order valence-electron chi connectivity index (χ0n) is 13.4. The molecule has 2 saturated heterocycles. The van der Waals surface area contributed by atoms with E-state index < -0.39 is 6.09 Å². The predicted molar refractivity (Wildman–Crippen MR) is 83.9 cm³/mol. The van der Waals surface area contributed by atoms with E-state index in [2.05, 4.69) is 31.2 Å². The van der Waals surface area contributed by atoms with Crippen molar-refractivity contribution >= 4 is 6.09 Å². The van der Waals surface area contributed by atoms with Crippen molar-refractivity contribution in [3.8, 4) is 0 Å². The lowest BCUT2D eigenvalue weighted by Crippen LogP contribution is -2.45. The van der Waals surface area contributed by atoms with E-state index in [0.29, 0.717) is 0 Å². The highest BCUT2D eigenvalue weighted by molar-refractivity contribution is 5.64. The van der Waals surface area contributed by atoms with Gasteiger partial charge in [-0.05, 0) is 31.7 Å². The smallest absolute Gasteiger partial charge is 0.404 e. The van der Waals surface area contributed by atoms with Crippen LogP contribution in [0.5, 0.6) is 0 Å². The number of hydrogen-bond acceptors (Lipinski definition) is 4. The van der Waals surface area contributed by atoms with Crippen LogP contribution < -0.4 is 5.73 Å². The molecule has 124 valence electrons. The fourth-order valence-corrected chi connectivity index (χ4v) is 4.29. The monoisotopic (exact) mass is 317 g/mol. The molecule has 2 N–H and O–H groups in total. The molecule has 0 bridgehead atoms. The third-order valence-corrected chi connectivity index (χ3v) is 5.76. The van der Waals surface area contributed by atoms with Gasteiger partial charge in [-0.25, -0.2) is 4.79 Å². The van der Waals surface area contributed by atoms with Gasteiger partial charge in [-0.1, -0.05) is 30.3 Å². The van der Waals surface area contributed by atoms with E-state index in [4.69, 9.17) is 19.9 Å². The number of nitrogens with two attached hydrogens (primary N) is 1. The number of hydrogen-bond donors (Lipinski definition) is 1. The van der Waals surface area contributed by atoms with Crippen molar-refractivity contribution in [2.45, 2.75) is 56.0 Å². The predicted octanol–water partition coefficient (Wildman–Crippen LogP) is 2.42. The summed E-state index contributed by atoms with van der Waals surface area (Å²) in [4.78, 5) is 11.1. The maximum absolute atomic E-state index is 11.1. The van der Waals surface area contributed by atoms with Crippen molar-refractivity contribution in [1.82, 2.24) is 0 Å². The van der Waals surface area contributed by atoms with Crippen LogP contribution in [0, 0.1) is 5.92 Å². The van der Waals surface area contributed by atoms with Crippen LogP contribution in [0.2, 0.25) is 0 Å². The van der Waals surface area contributed by atoms with Crippen LogP contribution in [0.4, 0.5) is 4.79 Å². The summed E-state index contributed by atoms with van der Waals surface area (Å²) in [6.45, 7) is 2.96. The third-order valence-electron chi connectivity index (χ3n) is 5.76. The van der Waals surface area contributed by atoms with Gasteiger partial charge in [0.2, 0.25) is 0 Å². The first-order chi connectivity index (χ1) is 11.0. The molecule has 2 aliphatic heterocycles. The Balaban J connectivity index is 1.46. The van der Waals surface area contributed by atoms with E-state index in [1.807, 2.05) is 6.07 Å². The Morgan fingerprint density at radius 3 is 2.78 bits per heavy atom. The van der Waals surface area contributed by atoms with Gasteiger partial charge in [-0.2, -0.15) is 0 Å². The highest BCUT2D eigenvalue weighted by atomic mass is 16.6. The minimum absolute atomic E-state index is 0.0717. The summed E-state index contributed by atoms with van der Waals surface area (Å²) in [5.41, 5.74) is 6.19. The van der Waals surface area contributed by atoms with Crippen LogP contribution in [-0.4, -0.2) is 36.1 Å². The number of carbonyl (C=O) groups excluding carboxylic acids is 1. The topological polar surface area (TPSA) is 77.4 Å². The van der Waals surface area contributed by atoms with Gasteiger partial charge in [-0.15, -0.1) is 0 Å². The first kappa shape index (κ1) is 15.0. The normalized spacial score (nSPS) is 41.5. The molecule has 0 aromatic heterocycles. The molecule has 1 spiro atoms. The second-order valence-corrected chi connectivity index (χ2v) is 7.22. The molecule has 1 aliphatic carbocycles. The quantitative estimate of drug-likeness (QED) is 0.865. The van der Waals surface area contributed by atoms with Crippen LogP contribution in [-0.2, 0) is 20.6 Å². The highest BCUT2D eigenvalue weighted by Gasteiger charge is 2.68. The van der Waals surface area contributed by atoms with Gasteiger partial charge in [0, 0.05) is 12.3 Å². The van der Waals surface area contributed by atoms with Gasteiger partial charge >= 0.3 is 6.09 Å². The molecule has 5 atom stereocenters. The Labute approximate surface area is 136 Å². The second kappa shape index (κ2) is 5.21. The summed E-state index contributed by atoms with van der Waals surface area (Å²) in [7, 11) is 0. The lowest BCUT2D eigenvalue weighted by atomic mass is 9.70. The highest BCUT2D eigenvalue weighted by Crippen LogP contribution is 2.58. The van der Waals surface area contributed by atoms with E-state index in [1.54, 1.807) is 0 Å². The van der Waals surface area contributed by atoms with Crippen LogP contribution in [0.1, 0.15) is 31.7 Å². The first-order valence-electron chi connectivity index (χ1n) is 8.34. The molecule has 0 radical (unpaired) electrons. The number of epoxide rings is 2. The Hall–Kier alpha value is -1.59. The average molecular weight is 317 g/mol. The van der Waals surface area contributed by atoms with E-state index in [9.17, 15) is 4.79 Å². The van der Waals surface area contributed by atoms with E-state index in [0.717, 1.165) is 32.3 Å². The summed E-state index contributed by atoms with van der Waals surface area (Å²) in [5, 5.41) is 0. The molecule has 3 fully saturated rings. The Bertz CT molecular complexity index is 600. The van der Waals surface area contributed by atoms with Crippen LogP contribution in [0.25, 0.3) is 0 Å².